The molecular formula is C16H15FO2. The zero-order chi connectivity index (χ0) is 13.7. The molecule has 0 heterocycles. The largest absolute Gasteiger partial charge is 0.465 e. The Morgan fingerprint density at radius 1 is 1.11 bits per heavy atom. The van der Waals surface area contributed by atoms with Crippen LogP contribution in [0.5, 0.6) is 0 Å². The molecule has 1 unspecified atom stereocenters. The fourth-order valence-electron chi connectivity index (χ4n) is 1.88. The van der Waals surface area contributed by atoms with Gasteiger partial charge in [-0.05, 0) is 23.3 Å². The van der Waals surface area contributed by atoms with Crippen LogP contribution in [0.1, 0.15) is 27.7 Å². The van der Waals surface area contributed by atoms with Crippen molar-refractivity contribution in [3.05, 3.63) is 71.3 Å². The lowest BCUT2D eigenvalue weighted by Gasteiger charge is -2.09. The van der Waals surface area contributed by atoms with Crippen LogP contribution in [0.25, 0.3) is 0 Å². The van der Waals surface area contributed by atoms with Crippen molar-refractivity contribution in [2.45, 2.75) is 12.6 Å². The van der Waals surface area contributed by atoms with Crippen LogP contribution in [-0.2, 0) is 11.2 Å². The van der Waals surface area contributed by atoms with Gasteiger partial charge in [0, 0.05) is 6.42 Å². The molecule has 0 N–H and O–H groups in total. The van der Waals surface area contributed by atoms with Gasteiger partial charge in [0.1, 0.15) is 6.17 Å². The fourth-order valence-corrected chi connectivity index (χ4v) is 1.88. The van der Waals surface area contributed by atoms with Gasteiger partial charge in [-0.25, -0.2) is 9.18 Å². The Bertz CT molecular complexity index is 534. The lowest BCUT2D eigenvalue weighted by molar-refractivity contribution is 0.0600. The molecule has 2 aromatic carbocycles. The Balaban J connectivity index is 2.07. The van der Waals surface area contributed by atoms with Gasteiger partial charge in [0.25, 0.3) is 0 Å². The smallest absolute Gasteiger partial charge is 0.337 e. The molecule has 0 radical (unpaired) electrons. The van der Waals surface area contributed by atoms with Crippen LogP contribution in [0.2, 0.25) is 0 Å². The van der Waals surface area contributed by atoms with E-state index in [0.717, 1.165) is 5.56 Å². The van der Waals surface area contributed by atoms with E-state index in [1.54, 1.807) is 24.3 Å². The molecule has 2 nitrogen and oxygen atoms in total. The number of benzene rings is 2. The minimum Gasteiger partial charge on any atom is -0.465 e. The van der Waals surface area contributed by atoms with Gasteiger partial charge in [-0.2, -0.15) is 0 Å². The average molecular weight is 258 g/mol. The molecule has 2 rings (SSSR count). The molecule has 0 aliphatic carbocycles. The molecule has 19 heavy (non-hydrogen) atoms. The van der Waals surface area contributed by atoms with Crippen molar-refractivity contribution >= 4 is 5.97 Å². The Morgan fingerprint density at radius 2 is 1.74 bits per heavy atom. The molecule has 0 spiro atoms. The van der Waals surface area contributed by atoms with E-state index < -0.39 is 12.1 Å². The number of alkyl halides is 1. The van der Waals surface area contributed by atoms with Crippen LogP contribution >= 0.6 is 0 Å². The van der Waals surface area contributed by atoms with Crippen molar-refractivity contribution in [1.29, 1.82) is 0 Å². The number of hydrogen-bond acceptors (Lipinski definition) is 2. The second-order valence-corrected chi connectivity index (χ2v) is 4.27. The van der Waals surface area contributed by atoms with Gasteiger partial charge in [0.2, 0.25) is 0 Å². The predicted molar refractivity (Wildman–Crippen MR) is 71.8 cm³/mol. The Labute approximate surface area is 111 Å². The van der Waals surface area contributed by atoms with Crippen LogP contribution in [0.15, 0.2) is 54.6 Å². The minimum absolute atomic E-state index is 0.332. The maximum atomic E-state index is 14.1. The van der Waals surface area contributed by atoms with E-state index in [2.05, 4.69) is 4.74 Å². The predicted octanol–water partition coefficient (Wildman–Crippen LogP) is 3.73. The average Bonchev–Trinajstić information content (AvgIpc) is 2.47. The topological polar surface area (TPSA) is 26.3 Å². The first-order valence-electron chi connectivity index (χ1n) is 6.07. The molecule has 2 aromatic rings. The van der Waals surface area contributed by atoms with E-state index in [4.69, 9.17) is 0 Å². The van der Waals surface area contributed by atoms with E-state index in [9.17, 15) is 9.18 Å². The van der Waals surface area contributed by atoms with Crippen molar-refractivity contribution in [3.8, 4) is 0 Å². The molecule has 0 saturated carbocycles. The zero-order valence-electron chi connectivity index (χ0n) is 10.7. The molecular weight excluding hydrogens is 243 g/mol. The van der Waals surface area contributed by atoms with Gasteiger partial charge in [-0.1, -0.05) is 42.5 Å². The van der Waals surface area contributed by atoms with Gasteiger partial charge in [-0.3, -0.25) is 0 Å². The Morgan fingerprint density at radius 3 is 2.32 bits per heavy atom. The molecule has 1 atom stereocenters. The van der Waals surface area contributed by atoms with Gasteiger partial charge in [-0.15, -0.1) is 0 Å². The van der Waals surface area contributed by atoms with E-state index in [-0.39, 0.29) is 0 Å². The molecule has 0 bridgehead atoms. The highest BCUT2D eigenvalue weighted by Gasteiger charge is 2.12. The normalized spacial score (nSPS) is 11.9. The van der Waals surface area contributed by atoms with Crippen molar-refractivity contribution in [3.63, 3.8) is 0 Å². The van der Waals surface area contributed by atoms with E-state index in [1.165, 1.54) is 7.11 Å². The third-order valence-electron chi connectivity index (χ3n) is 2.95. The summed E-state index contributed by atoms with van der Waals surface area (Å²) < 4.78 is 18.7. The number of carbonyl (C=O) groups excluding carboxylic acids is 1. The monoisotopic (exact) mass is 258 g/mol. The first-order valence-corrected chi connectivity index (χ1v) is 6.07. The first kappa shape index (κ1) is 13.3. The summed E-state index contributed by atoms with van der Waals surface area (Å²) in [5.41, 5.74) is 1.95. The van der Waals surface area contributed by atoms with Crippen LogP contribution < -0.4 is 0 Å². The summed E-state index contributed by atoms with van der Waals surface area (Å²) in [4.78, 5) is 11.3. The van der Waals surface area contributed by atoms with Gasteiger partial charge < -0.3 is 4.74 Å². The maximum absolute atomic E-state index is 14.1. The molecule has 0 aliphatic heterocycles. The summed E-state index contributed by atoms with van der Waals surface area (Å²) in [6.45, 7) is 0. The highest BCUT2D eigenvalue weighted by atomic mass is 19.1. The molecule has 3 heteroatoms. The van der Waals surface area contributed by atoms with Gasteiger partial charge >= 0.3 is 5.97 Å². The van der Waals surface area contributed by atoms with Crippen LogP contribution in [0.3, 0.4) is 0 Å². The summed E-state index contributed by atoms with van der Waals surface area (Å²) in [7, 11) is 1.32. The molecule has 98 valence electrons. The van der Waals surface area contributed by atoms with Crippen molar-refractivity contribution in [2.75, 3.05) is 7.11 Å². The van der Waals surface area contributed by atoms with Crippen molar-refractivity contribution < 1.29 is 13.9 Å². The SMILES string of the molecule is COC(=O)c1ccc(C(F)Cc2ccccc2)cc1. The Hall–Kier alpha value is -2.16. The standard InChI is InChI=1S/C16H15FO2/c1-19-16(18)14-9-7-13(8-10-14)15(17)11-12-5-3-2-4-6-12/h2-10,15H,11H2,1H3. The summed E-state index contributed by atoms with van der Waals surface area (Å²) in [5, 5.41) is 0. The number of methoxy groups -OCH3 is 1. The van der Waals surface area contributed by atoms with Gasteiger partial charge in [0.15, 0.2) is 0 Å². The quantitative estimate of drug-likeness (QED) is 0.781. The number of carbonyl (C=O) groups is 1. The van der Waals surface area contributed by atoms with Crippen molar-refractivity contribution in [2.24, 2.45) is 0 Å². The minimum atomic E-state index is -1.07. The number of hydrogen-bond donors (Lipinski definition) is 0. The highest BCUT2D eigenvalue weighted by Crippen LogP contribution is 2.22. The lowest BCUT2D eigenvalue weighted by Crippen LogP contribution is -2.02. The number of ether oxygens (including phenoxy) is 1. The summed E-state index contributed by atoms with van der Waals surface area (Å²) >= 11 is 0. The third kappa shape index (κ3) is 3.41. The van der Waals surface area contributed by atoms with Crippen LogP contribution in [0.4, 0.5) is 4.39 Å². The maximum Gasteiger partial charge on any atom is 0.337 e. The molecule has 0 amide bonds. The molecule has 0 fully saturated rings. The van der Waals surface area contributed by atoms with Crippen LogP contribution in [0, 0.1) is 0 Å². The lowest BCUT2D eigenvalue weighted by atomic mass is 10.0. The molecule has 0 saturated heterocycles. The highest BCUT2D eigenvalue weighted by molar-refractivity contribution is 5.89. The number of halogens is 1. The second-order valence-electron chi connectivity index (χ2n) is 4.27. The fraction of sp³-hybridized carbons (Fsp3) is 0.188. The summed E-state index contributed by atoms with van der Waals surface area (Å²) in [6, 6.07) is 15.9. The van der Waals surface area contributed by atoms with Crippen molar-refractivity contribution in [1.82, 2.24) is 0 Å². The zero-order valence-corrected chi connectivity index (χ0v) is 10.7. The van der Waals surface area contributed by atoms with Crippen LogP contribution in [-0.4, -0.2) is 13.1 Å². The van der Waals surface area contributed by atoms with Gasteiger partial charge in [0.05, 0.1) is 12.7 Å². The Kier molecular flexibility index (Phi) is 4.29. The number of rotatable bonds is 4. The van der Waals surface area contributed by atoms with E-state index in [0.29, 0.717) is 17.5 Å². The number of esters is 1. The molecule has 0 aromatic heterocycles. The summed E-state index contributed by atoms with van der Waals surface area (Å²) in [5.74, 6) is -0.412. The second kappa shape index (κ2) is 6.14. The first-order chi connectivity index (χ1) is 9.20. The molecule has 0 aliphatic rings. The van der Waals surface area contributed by atoms with E-state index in [1.807, 2.05) is 30.3 Å². The van der Waals surface area contributed by atoms with E-state index >= 15 is 0 Å². The third-order valence-corrected chi connectivity index (χ3v) is 2.95. The summed E-state index contributed by atoms with van der Waals surface area (Å²) in [6.07, 6.45) is -0.743.